The van der Waals surface area contributed by atoms with E-state index in [-0.39, 0.29) is 11.9 Å². The molecule has 24 heavy (non-hydrogen) atoms. The van der Waals surface area contributed by atoms with Crippen LogP contribution in [0.5, 0.6) is 5.75 Å². The van der Waals surface area contributed by atoms with Crippen LogP contribution in [-0.4, -0.2) is 29.0 Å². The van der Waals surface area contributed by atoms with Crippen molar-refractivity contribution in [1.29, 1.82) is 0 Å². The molecule has 0 aliphatic carbocycles. The molecule has 2 heterocycles. The highest BCUT2D eigenvalue weighted by molar-refractivity contribution is 5.77. The maximum Gasteiger partial charge on any atom is 0.223 e. The van der Waals surface area contributed by atoms with Crippen molar-refractivity contribution in [2.24, 2.45) is 0 Å². The lowest BCUT2D eigenvalue weighted by Crippen LogP contribution is -2.42. The van der Waals surface area contributed by atoms with E-state index >= 15 is 0 Å². The fourth-order valence-corrected chi connectivity index (χ4v) is 3.48. The van der Waals surface area contributed by atoms with Gasteiger partial charge in [-0.1, -0.05) is 31.9 Å². The van der Waals surface area contributed by atoms with E-state index in [1.165, 1.54) is 5.69 Å². The van der Waals surface area contributed by atoms with Crippen molar-refractivity contribution in [1.82, 2.24) is 9.47 Å². The van der Waals surface area contributed by atoms with E-state index in [2.05, 4.69) is 35.9 Å². The molecular weight excluding hydrogens is 300 g/mol. The van der Waals surface area contributed by atoms with Crippen molar-refractivity contribution in [2.45, 2.75) is 45.2 Å². The molecule has 0 radical (unpaired) electrons. The highest BCUT2D eigenvalue weighted by Crippen LogP contribution is 2.34. The normalized spacial score (nSPS) is 16.8. The molecule has 1 amide bonds. The van der Waals surface area contributed by atoms with Crippen molar-refractivity contribution in [3.05, 3.63) is 53.9 Å². The van der Waals surface area contributed by atoms with Crippen LogP contribution in [0.2, 0.25) is 0 Å². The van der Waals surface area contributed by atoms with Gasteiger partial charge in [0.2, 0.25) is 5.91 Å². The molecule has 128 valence electrons. The number of carbonyl (C=O) groups is 1. The predicted molar refractivity (Wildman–Crippen MR) is 95.1 cm³/mol. The van der Waals surface area contributed by atoms with Crippen LogP contribution in [0.1, 0.15) is 49.9 Å². The Labute approximate surface area is 144 Å². The van der Waals surface area contributed by atoms with Gasteiger partial charge in [-0.2, -0.15) is 0 Å². The van der Waals surface area contributed by atoms with Gasteiger partial charge in [0.25, 0.3) is 0 Å². The summed E-state index contributed by atoms with van der Waals surface area (Å²) in [7, 11) is 1.68. The Bertz CT molecular complexity index is 692. The predicted octanol–water partition coefficient (Wildman–Crippen LogP) is 4.01. The topological polar surface area (TPSA) is 34.5 Å². The van der Waals surface area contributed by atoms with Gasteiger partial charge < -0.3 is 14.2 Å². The van der Waals surface area contributed by atoms with Crippen LogP contribution >= 0.6 is 0 Å². The largest absolute Gasteiger partial charge is 0.497 e. The number of unbranched alkanes of at least 4 members (excludes halogenated alkanes) is 2. The number of hydrogen-bond acceptors (Lipinski definition) is 2. The monoisotopic (exact) mass is 326 g/mol. The fourth-order valence-electron chi connectivity index (χ4n) is 3.48. The average Bonchev–Trinajstić information content (AvgIpc) is 3.09. The van der Waals surface area contributed by atoms with Gasteiger partial charge in [0.05, 0.1) is 13.2 Å². The highest BCUT2D eigenvalue weighted by atomic mass is 16.5. The number of fused-ring (bicyclic) bond motifs is 1. The summed E-state index contributed by atoms with van der Waals surface area (Å²) in [6.45, 7) is 3.79. The minimum atomic E-state index is -0.0297. The third-order valence-electron chi connectivity index (χ3n) is 4.76. The summed E-state index contributed by atoms with van der Waals surface area (Å²) in [6, 6.07) is 12.2. The maximum absolute atomic E-state index is 12.8. The Morgan fingerprint density at radius 2 is 2.08 bits per heavy atom. The molecule has 0 saturated heterocycles. The molecule has 3 rings (SSSR count). The van der Waals surface area contributed by atoms with Crippen LogP contribution in [0.25, 0.3) is 0 Å². The number of carbonyl (C=O) groups excluding carboxylic acids is 1. The van der Waals surface area contributed by atoms with Crippen molar-refractivity contribution >= 4 is 5.91 Å². The average molecular weight is 326 g/mol. The summed E-state index contributed by atoms with van der Waals surface area (Å²) in [5.74, 6) is 1.08. The summed E-state index contributed by atoms with van der Waals surface area (Å²) >= 11 is 0. The van der Waals surface area contributed by atoms with Gasteiger partial charge in [0.1, 0.15) is 5.75 Å². The lowest BCUT2D eigenvalue weighted by molar-refractivity contribution is -0.134. The minimum Gasteiger partial charge on any atom is -0.497 e. The SMILES string of the molecule is CCCCCC(=O)N1CCn2cccc2C1c1cccc(OC)c1. The molecule has 1 aromatic carbocycles. The van der Waals surface area contributed by atoms with E-state index in [1.54, 1.807) is 7.11 Å². The van der Waals surface area contributed by atoms with Crippen LogP contribution < -0.4 is 4.74 Å². The molecule has 1 atom stereocenters. The standard InChI is InChI=1S/C20H26N2O2/c1-3-4-5-11-19(23)22-14-13-21-12-7-10-18(21)20(22)16-8-6-9-17(15-16)24-2/h6-10,12,15,20H,3-5,11,13-14H2,1-2H3. The Balaban J connectivity index is 1.91. The quantitative estimate of drug-likeness (QED) is 0.752. The molecule has 0 spiro atoms. The molecule has 0 saturated carbocycles. The molecule has 1 unspecified atom stereocenters. The van der Waals surface area contributed by atoms with Crippen LogP contribution in [0.15, 0.2) is 42.6 Å². The third kappa shape index (κ3) is 3.32. The molecule has 1 aliphatic heterocycles. The Morgan fingerprint density at radius 3 is 2.88 bits per heavy atom. The number of nitrogens with zero attached hydrogens (tertiary/aromatic N) is 2. The van der Waals surface area contributed by atoms with E-state index in [0.717, 1.165) is 43.7 Å². The Kier molecular flexibility index (Phi) is 5.24. The van der Waals surface area contributed by atoms with E-state index < -0.39 is 0 Å². The Morgan fingerprint density at radius 1 is 1.21 bits per heavy atom. The van der Waals surface area contributed by atoms with E-state index in [4.69, 9.17) is 4.74 Å². The molecule has 1 aromatic heterocycles. The summed E-state index contributed by atoms with van der Waals surface area (Å²) in [5.41, 5.74) is 2.29. The van der Waals surface area contributed by atoms with Crippen molar-refractivity contribution in [3.8, 4) is 5.75 Å². The molecule has 4 heteroatoms. The second-order valence-electron chi connectivity index (χ2n) is 6.35. The highest BCUT2D eigenvalue weighted by Gasteiger charge is 2.31. The van der Waals surface area contributed by atoms with Crippen LogP contribution in [-0.2, 0) is 11.3 Å². The van der Waals surface area contributed by atoms with Crippen LogP contribution in [0.4, 0.5) is 0 Å². The molecule has 0 fully saturated rings. The lowest BCUT2D eigenvalue weighted by Gasteiger charge is -2.37. The zero-order valence-electron chi connectivity index (χ0n) is 14.6. The fraction of sp³-hybridized carbons (Fsp3) is 0.450. The first-order valence-electron chi connectivity index (χ1n) is 8.83. The lowest BCUT2D eigenvalue weighted by atomic mass is 9.99. The van der Waals surface area contributed by atoms with Gasteiger partial charge in [-0.05, 0) is 36.2 Å². The molecule has 4 nitrogen and oxygen atoms in total. The Hall–Kier alpha value is -2.23. The first-order valence-corrected chi connectivity index (χ1v) is 8.83. The van der Waals surface area contributed by atoms with Crippen molar-refractivity contribution in [3.63, 3.8) is 0 Å². The third-order valence-corrected chi connectivity index (χ3v) is 4.76. The molecule has 2 aromatic rings. The molecule has 0 bridgehead atoms. The van der Waals surface area contributed by atoms with Gasteiger partial charge in [0.15, 0.2) is 0 Å². The van der Waals surface area contributed by atoms with Crippen LogP contribution in [0, 0.1) is 0 Å². The van der Waals surface area contributed by atoms with E-state index in [1.807, 2.05) is 23.1 Å². The van der Waals surface area contributed by atoms with Gasteiger partial charge in [0, 0.05) is 31.4 Å². The van der Waals surface area contributed by atoms with Gasteiger partial charge in [-0.25, -0.2) is 0 Å². The smallest absolute Gasteiger partial charge is 0.223 e. The van der Waals surface area contributed by atoms with E-state index in [9.17, 15) is 4.79 Å². The number of hydrogen-bond donors (Lipinski definition) is 0. The zero-order chi connectivity index (χ0) is 16.9. The number of aromatic nitrogens is 1. The van der Waals surface area contributed by atoms with Crippen LogP contribution in [0.3, 0.4) is 0 Å². The van der Waals surface area contributed by atoms with Crippen molar-refractivity contribution < 1.29 is 9.53 Å². The van der Waals surface area contributed by atoms with Gasteiger partial charge >= 0.3 is 0 Å². The number of ether oxygens (including phenoxy) is 1. The second-order valence-corrected chi connectivity index (χ2v) is 6.35. The van der Waals surface area contributed by atoms with Gasteiger partial charge in [-0.15, -0.1) is 0 Å². The van der Waals surface area contributed by atoms with Crippen molar-refractivity contribution in [2.75, 3.05) is 13.7 Å². The first-order chi connectivity index (χ1) is 11.7. The number of methoxy groups -OCH3 is 1. The molecular formula is C20H26N2O2. The maximum atomic E-state index is 12.8. The summed E-state index contributed by atoms with van der Waals surface area (Å²) in [5, 5.41) is 0. The number of benzene rings is 1. The number of rotatable bonds is 6. The molecule has 0 N–H and O–H groups in total. The first kappa shape index (κ1) is 16.6. The summed E-state index contributed by atoms with van der Waals surface area (Å²) in [6.07, 6.45) is 5.95. The number of amides is 1. The zero-order valence-corrected chi connectivity index (χ0v) is 14.6. The van der Waals surface area contributed by atoms with E-state index in [0.29, 0.717) is 6.42 Å². The van der Waals surface area contributed by atoms with Gasteiger partial charge in [-0.3, -0.25) is 4.79 Å². The summed E-state index contributed by atoms with van der Waals surface area (Å²) < 4.78 is 7.63. The minimum absolute atomic E-state index is 0.0297. The summed E-state index contributed by atoms with van der Waals surface area (Å²) in [4.78, 5) is 14.9. The second kappa shape index (κ2) is 7.56. The molecule has 1 aliphatic rings.